The summed E-state index contributed by atoms with van der Waals surface area (Å²) in [5, 5.41) is 2.84. The molecule has 0 aromatic heterocycles. The van der Waals surface area contributed by atoms with Crippen molar-refractivity contribution in [1.29, 1.82) is 0 Å². The molecule has 0 unspecified atom stereocenters. The lowest BCUT2D eigenvalue weighted by Gasteiger charge is -2.09. The van der Waals surface area contributed by atoms with Gasteiger partial charge in [0.2, 0.25) is 15.9 Å². The highest BCUT2D eigenvalue weighted by Crippen LogP contribution is 2.14. The van der Waals surface area contributed by atoms with Gasteiger partial charge in [0, 0.05) is 18.1 Å². The molecular formula is C11H17Cl2N3O3S. The normalized spacial score (nSPS) is 12.3. The van der Waals surface area contributed by atoms with Gasteiger partial charge in [-0.1, -0.05) is 17.7 Å². The molecule has 1 aromatic rings. The van der Waals surface area contributed by atoms with Crippen LogP contribution in [0.3, 0.4) is 0 Å². The SMILES string of the molecule is C[C@H](N)C(=O)NCCNS(=O)(=O)c1cccc(Cl)c1.Cl. The van der Waals surface area contributed by atoms with Crippen molar-refractivity contribution in [2.75, 3.05) is 13.1 Å². The van der Waals surface area contributed by atoms with Gasteiger partial charge in [0.1, 0.15) is 0 Å². The third-order valence-electron chi connectivity index (χ3n) is 2.24. The van der Waals surface area contributed by atoms with Gasteiger partial charge in [0.15, 0.2) is 0 Å². The van der Waals surface area contributed by atoms with E-state index in [0.717, 1.165) is 0 Å². The predicted molar refractivity (Wildman–Crippen MR) is 80.5 cm³/mol. The molecule has 114 valence electrons. The first kappa shape index (κ1) is 19.1. The largest absolute Gasteiger partial charge is 0.353 e. The predicted octanol–water partition coefficient (Wildman–Crippen LogP) is 0.504. The van der Waals surface area contributed by atoms with Crippen molar-refractivity contribution in [3.8, 4) is 0 Å². The van der Waals surface area contributed by atoms with Crippen LogP contribution in [0.15, 0.2) is 29.2 Å². The first-order valence-corrected chi connectivity index (χ1v) is 7.47. The van der Waals surface area contributed by atoms with Crippen LogP contribution >= 0.6 is 24.0 Å². The number of amides is 1. The average Bonchev–Trinajstić information content (AvgIpc) is 2.34. The second kappa shape index (κ2) is 8.43. The Morgan fingerprint density at radius 3 is 2.60 bits per heavy atom. The fourth-order valence-electron chi connectivity index (χ4n) is 1.25. The Bertz CT molecular complexity index is 550. The molecule has 6 nitrogen and oxygen atoms in total. The number of nitrogens with one attached hydrogen (secondary N) is 2. The molecule has 0 bridgehead atoms. The highest BCUT2D eigenvalue weighted by Gasteiger charge is 2.13. The molecule has 9 heteroatoms. The van der Waals surface area contributed by atoms with E-state index in [4.69, 9.17) is 17.3 Å². The van der Waals surface area contributed by atoms with Crippen LogP contribution in [0.25, 0.3) is 0 Å². The number of hydrogen-bond acceptors (Lipinski definition) is 4. The lowest BCUT2D eigenvalue weighted by molar-refractivity contribution is -0.121. The molecule has 20 heavy (non-hydrogen) atoms. The molecule has 0 saturated carbocycles. The van der Waals surface area contributed by atoms with E-state index in [-0.39, 0.29) is 36.3 Å². The smallest absolute Gasteiger partial charge is 0.240 e. The van der Waals surface area contributed by atoms with Crippen molar-refractivity contribution < 1.29 is 13.2 Å². The molecule has 0 aliphatic rings. The van der Waals surface area contributed by atoms with Gasteiger partial charge < -0.3 is 11.1 Å². The molecule has 4 N–H and O–H groups in total. The number of rotatable bonds is 6. The van der Waals surface area contributed by atoms with E-state index in [1.807, 2.05) is 0 Å². The molecule has 0 saturated heterocycles. The minimum absolute atomic E-state index is 0. The van der Waals surface area contributed by atoms with Gasteiger partial charge in [0.05, 0.1) is 10.9 Å². The minimum atomic E-state index is -3.62. The standard InChI is InChI=1S/C11H16ClN3O3S.ClH/c1-8(13)11(16)14-5-6-15-19(17,18)10-4-2-3-9(12)7-10;/h2-4,7-8,15H,5-6,13H2,1H3,(H,14,16);1H/t8-;/m0./s1. The minimum Gasteiger partial charge on any atom is -0.353 e. The van der Waals surface area contributed by atoms with Crippen molar-refractivity contribution >= 4 is 39.9 Å². The van der Waals surface area contributed by atoms with Crippen molar-refractivity contribution in [3.63, 3.8) is 0 Å². The van der Waals surface area contributed by atoms with Crippen LogP contribution in [0.4, 0.5) is 0 Å². The summed E-state index contributed by atoms with van der Waals surface area (Å²) in [6.45, 7) is 1.79. The van der Waals surface area contributed by atoms with Crippen LogP contribution in [0.1, 0.15) is 6.92 Å². The third kappa shape index (κ3) is 6.06. The summed E-state index contributed by atoms with van der Waals surface area (Å²) in [5.74, 6) is -0.332. The number of carbonyl (C=O) groups excluding carboxylic acids is 1. The van der Waals surface area contributed by atoms with Crippen molar-refractivity contribution in [1.82, 2.24) is 10.0 Å². The van der Waals surface area contributed by atoms with Gasteiger partial charge in [-0.05, 0) is 25.1 Å². The van der Waals surface area contributed by atoms with Gasteiger partial charge >= 0.3 is 0 Å². The molecule has 0 aliphatic heterocycles. The second-order valence-electron chi connectivity index (χ2n) is 3.93. The molecule has 0 aliphatic carbocycles. The fourth-order valence-corrected chi connectivity index (χ4v) is 2.58. The Morgan fingerprint density at radius 2 is 2.05 bits per heavy atom. The van der Waals surface area contributed by atoms with E-state index in [2.05, 4.69) is 10.0 Å². The summed E-state index contributed by atoms with van der Waals surface area (Å²) < 4.78 is 26.1. The Balaban J connectivity index is 0.00000361. The summed E-state index contributed by atoms with van der Waals surface area (Å²) in [5.41, 5.74) is 5.35. The topological polar surface area (TPSA) is 101 Å². The number of halogens is 2. The summed E-state index contributed by atoms with van der Waals surface area (Å²) in [6.07, 6.45) is 0. The number of hydrogen-bond donors (Lipinski definition) is 3. The van der Waals surface area contributed by atoms with Crippen LogP contribution in [0.2, 0.25) is 5.02 Å². The Kier molecular flexibility index (Phi) is 8.07. The monoisotopic (exact) mass is 341 g/mol. The van der Waals surface area contributed by atoms with Gasteiger partial charge in [0.25, 0.3) is 0 Å². The average molecular weight is 342 g/mol. The molecule has 0 spiro atoms. The zero-order valence-corrected chi connectivity index (χ0v) is 13.2. The van der Waals surface area contributed by atoms with Gasteiger partial charge in [-0.25, -0.2) is 13.1 Å². The van der Waals surface area contributed by atoms with Crippen LogP contribution in [-0.4, -0.2) is 33.5 Å². The summed E-state index contributed by atoms with van der Waals surface area (Å²) >= 11 is 5.73. The molecule has 0 fully saturated rings. The van der Waals surface area contributed by atoms with Crippen LogP contribution < -0.4 is 15.8 Å². The number of sulfonamides is 1. The highest BCUT2D eigenvalue weighted by molar-refractivity contribution is 7.89. The third-order valence-corrected chi connectivity index (χ3v) is 3.93. The van der Waals surface area contributed by atoms with Crippen LogP contribution in [0.5, 0.6) is 0 Å². The van der Waals surface area contributed by atoms with E-state index in [9.17, 15) is 13.2 Å². The number of benzene rings is 1. The molecule has 1 aromatic carbocycles. The molecule has 0 heterocycles. The Morgan fingerprint density at radius 1 is 1.40 bits per heavy atom. The zero-order chi connectivity index (χ0) is 14.5. The second-order valence-corrected chi connectivity index (χ2v) is 6.14. The highest BCUT2D eigenvalue weighted by atomic mass is 35.5. The van der Waals surface area contributed by atoms with Gasteiger partial charge in [-0.2, -0.15) is 0 Å². The molecule has 1 rings (SSSR count). The van der Waals surface area contributed by atoms with Crippen molar-refractivity contribution in [2.24, 2.45) is 5.73 Å². The van der Waals surface area contributed by atoms with Crippen molar-refractivity contribution in [2.45, 2.75) is 17.9 Å². The van der Waals surface area contributed by atoms with E-state index in [1.165, 1.54) is 12.1 Å². The number of nitrogens with two attached hydrogens (primary N) is 1. The summed E-state index contributed by atoms with van der Waals surface area (Å²) in [6, 6.07) is 5.31. The van der Waals surface area contributed by atoms with E-state index < -0.39 is 16.1 Å². The van der Waals surface area contributed by atoms with E-state index in [0.29, 0.717) is 5.02 Å². The fraction of sp³-hybridized carbons (Fsp3) is 0.364. The van der Waals surface area contributed by atoms with E-state index in [1.54, 1.807) is 19.1 Å². The Labute approximate surface area is 129 Å². The van der Waals surface area contributed by atoms with Gasteiger partial charge in [-0.3, -0.25) is 4.79 Å². The van der Waals surface area contributed by atoms with Gasteiger partial charge in [-0.15, -0.1) is 12.4 Å². The number of carbonyl (C=O) groups is 1. The maximum atomic E-state index is 11.9. The van der Waals surface area contributed by atoms with Crippen molar-refractivity contribution in [3.05, 3.63) is 29.3 Å². The molecular weight excluding hydrogens is 325 g/mol. The molecule has 0 radical (unpaired) electrons. The van der Waals surface area contributed by atoms with Crippen LogP contribution in [0, 0.1) is 0 Å². The zero-order valence-electron chi connectivity index (χ0n) is 10.8. The Hall–Kier alpha value is -0.860. The maximum absolute atomic E-state index is 11.9. The van der Waals surface area contributed by atoms with E-state index >= 15 is 0 Å². The first-order chi connectivity index (χ1) is 8.83. The molecule has 1 amide bonds. The lowest BCUT2D eigenvalue weighted by atomic mass is 10.3. The first-order valence-electron chi connectivity index (χ1n) is 5.61. The molecule has 1 atom stereocenters. The quantitative estimate of drug-likeness (QED) is 0.656. The lowest BCUT2D eigenvalue weighted by Crippen LogP contribution is -2.41. The maximum Gasteiger partial charge on any atom is 0.240 e. The summed E-state index contributed by atoms with van der Waals surface area (Å²) in [7, 11) is -3.62. The van der Waals surface area contributed by atoms with Crippen LogP contribution in [-0.2, 0) is 14.8 Å². The summed E-state index contributed by atoms with van der Waals surface area (Å²) in [4.78, 5) is 11.2.